The number of unbranched alkanes of at least 4 members (excludes halogenated alkanes) is 8. The van der Waals surface area contributed by atoms with Gasteiger partial charge in [-0.1, -0.05) is 155 Å². The van der Waals surface area contributed by atoms with E-state index in [1.165, 1.54) is 97.7 Å². The molecule has 0 bridgehead atoms. The zero-order valence-corrected chi connectivity index (χ0v) is 24.1. The zero-order chi connectivity index (χ0) is 27.4. The third-order valence-corrected chi connectivity index (χ3v) is 8.07. The van der Waals surface area contributed by atoms with Crippen molar-refractivity contribution in [3.63, 3.8) is 0 Å². The van der Waals surface area contributed by atoms with Crippen LogP contribution in [0.15, 0.2) is 115 Å². The number of rotatable bonds is 14. The molecule has 2 heteroatoms. The van der Waals surface area contributed by atoms with Gasteiger partial charge in [0.1, 0.15) is 0 Å². The lowest BCUT2D eigenvalue weighted by molar-refractivity contribution is 0.565. The summed E-state index contributed by atoms with van der Waals surface area (Å²) in [7, 11) is 0. The molecule has 1 N–H and O–H groups in total. The van der Waals surface area contributed by atoms with Crippen molar-refractivity contribution < 1.29 is 0 Å². The van der Waals surface area contributed by atoms with E-state index >= 15 is 0 Å². The van der Waals surface area contributed by atoms with Gasteiger partial charge >= 0.3 is 0 Å². The Kier molecular flexibility index (Phi) is 10.1. The maximum atomic E-state index is 3.71. The zero-order valence-electron chi connectivity index (χ0n) is 24.1. The van der Waals surface area contributed by atoms with Crippen LogP contribution >= 0.6 is 0 Å². The molecule has 206 valence electrons. The van der Waals surface area contributed by atoms with E-state index in [0.717, 1.165) is 5.70 Å². The number of benzene rings is 4. The molecule has 2 nitrogen and oxygen atoms in total. The Balaban J connectivity index is 1.23. The van der Waals surface area contributed by atoms with Crippen molar-refractivity contribution in [3.05, 3.63) is 132 Å². The first-order valence-corrected chi connectivity index (χ1v) is 15.4. The lowest BCUT2D eigenvalue weighted by atomic mass is 9.99. The molecule has 1 unspecified atom stereocenters. The fourth-order valence-corrected chi connectivity index (χ4v) is 5.68. The average Bonchev–Trinajstić information content (AvgIpc) is 3.47. The van der Waals surface area contributed by atoms with E-state index < -0.39 is 0 Å². The molecule has 5 rings (SSSR count). The van der Waals surface area contributed by atoms with Gasteiger partial charge in [0.25, 0.3) is 0 Å². The molecule has 1 heterocycles. The molecule has 0 radical (unpaired) electrons. The van der Waals surface area contributed by atoms with E-state index in [-0.39, 0.29) is 6.04 Å². The van der Waals surface area contributed by atoms with Crippen molar-refractivity contribution in [3.8, 4) is 11.1 Å². The number of para-hydroxylation sites is 1. The van der Waals surface area contributed by atoms with Gasteiger partial charge in [-0.2, -0.15) is 0 Å². The second-order valence-electron chi connectivity index (χ2n) is 11.1. The number of nitrogens with one attached hydrogen (secondary N) is 1. The van der Waals surface area contributed by atoms with Gasteiger partial charge in [0, 0.05) is 0 Å². The quantitative estimate of drug-likeness (QED) is 0.164. The van der Waals surface area contributed by atoms with Gasteiger partial charge < -0.3 is 0 Å². The van der Waals surface area contributed by atoms with Crippen molar-refractivity contribution in [1.82, 2.24) is 5.43 Å². The summed E-state index contributed by atoms with van der Waals surface area (Å²) < 4.78 is 0. The van der Waals surface area contributed by atoms with Crippen molar-refractivity contribution in [2.24, 2.45) is 0 Å². The van der Waals surface area contributed by atoms with Gasteiger partial charge in [-0.25, -0.2) is 0 Å². The predicted octanol–water partition coefficient (Wildman–Crippen LogP) is 10.5. The highest BCUT2D eigenvalue weighted by Gasteiger charge is 2.27. The number of aryl methyl sites for hydroxylation is 1. The van der Waals surface area contributed by atoms with Crippen LogP contribution < -0.4 is 10.4 Å². The van der Waals surface area contributed by atoms with Gasteiger partial charge in [-0.05, 0) is 58.9 Å². The van der Waals surface area contributed by atoms with Crippen LogP contribution in [-0.2, 0) is 6.42 Å². The van der Waals surface area contributed by atoms with Crippen molar-refractivity contribution in [2.75, 3.05) is 5.01 Å². The SMILES string of the molecule is CCCCCCCCCCCc1ccc(C2C=C(c3ccc(-c4ccccc4)cc3)NN2c2ccccc2)cc1. The summed E-state index contributed by atoms with van der Waals surface area (Å²) in [5.74, 6) is 0. The van der Waals surface area contributed by atoms with Crippen LogP contribution in [0.25, 0.3) is 16.8 Å². The highest BCUT2D eigenvalue weighted by atomic mass is 15.5. The van der Waals surface area contributed by atoms with E-state index in [2.05, 4.69) is 133 Å². The summed E-state index contributed by atoms with van der Waals surface area (Å²) >= 11 is 0. The summed E-state index contributed by atoms with van der Waals surface area (Å²) in [6, 6.07) is 39.5. The molecule has 0 aliphatic carbocycles. The van der Waals surface area contributed by atoms with E-state index in [9.17, 15) is 0 Å². The Morgan fingerprint density at radius 2 is 1.10 bits per heavy atom. The molecule has 1 atom stereocenters. The second-order valence-corrected chi connectivity index (χ2v) is 11.1. The molecule has 0 amide bonds. The third kappa shape index (κ3) is 7.45. The third-order valence-electron chi connectivity index (χ3n) is 8.07. The minimum absolute atomic E-state index is 0.132. The Hall–Kier alpha value is -3.78. The maximum Gasteiger partial charge on any atom is 0.0958 e. The van der Waals surface area contributed by atoms with E-state index in [1.54, 1.807) is 0 Å². The van der Waals surface area contributed by atoms with Gasteiger partial charge in [0.15, 0.2) is 0 Å². The molecule has 0 aromatic heterocycles. The summed E-state index contributed by atoms with van der Waals surface area (Å²) in [4.78, 5) is 0. The minimum Gasteiger partial charge on any atom is -0.297 e. The first kappa shape index (κ1) is 27.8. The lowest BCUT2D eigenvalue weighted by Crippen LogP contribution is -2.33. The number of hydrogen-bond donors (Lipinski definition) is 1. The monoisotopic (exact) mass is 528 g/mol. The summed E-state index contributed by atoms with van der Waals surface area (Å²) in [5, 5.41) is 2.29. The number of nitrogens with zero attached hydrogens (tertiary/aromatic N) is 1. The molecule has 40 heavy (non-hydrogen) atoms. The molecular weight excluding hydrogens is 484 g/mol. The van der Waals surface area contributed by atoms with Crippen LogP contribution in [0.1, 0.15) is 87.4 Å². The van der Waals surface area contributed by atoms with Gasteiger partial charge in [-0.3, -0.25) is 10.4 Å². The van der Waals surface area contributed by atoms with Gasteiger partial charge in [-0.15, -0.1) is 0 Å². The Bertz CT molecular complexity index is 1310. The standard InChI is InChI=1S/C38H44N2/c1-2-3-4-5-6-7-8-9-12-17-31-22-24-35(25-23-31)38-30-37(39-40(38)36-20-15-11-16-21-36)34-28-26-33(27-29-34)32-18-13-10-14-19-32/h10-11,13-16,18-30,38-39H,2-9,12,17H2,1H3. The molecule has 1 aliphatic heterocycles. The van der Waals surface area contributed by atoms with Crippen LogP contribution in [0.4, 0.5) is 5.69 Å². The molecule has 0 spiro atoms. The largest absolute Gasteiger partial charge is 0.297 e. The molecule has 4 aromatic rings. The van der Waals surface area contributed by atoms with Crippen LogP contribution in [0.3, 0.4) is 0 Å². The molecule has 0 saturated heterocycles. The molecule has 4 aromatic carbocycles. The molecular formula is C38H44N2. The Labute approximate surface area is 241 Å². The Morgan fingerprint density at radius 1 is 0.550 bits per heavy atom. The van der Waals surface area contributed by atoms with E-state index in [0.29, 0.717) is 0 Å². The van der Waals surface area contributed by atoms with E-state index in [4.69, 9.17) is 0 Å². The summed E-state index contributed by atoms with van der Waals surface area (Å²) in [5.41, 5.74) is 12.5. The number of hydrazine groups is 1. The summed E-state index contributed by atoms with van der Waals surface area (Å²) in [6.07, 6.45) is 15.9. The predicted molar refractivity (Wildman–Crippen MR) is 172 cm³/mol. The van der Waals surface area contributed by atoms with Crippen molar-refractivity contribution in [2.45, 2.75) is 77.2 Å². The first-order valence-electron chi connectivity index (χ1n) is 15.4. The van der Waals surface area contributed by atoms with Crippen molar-refractivity contribution >= 4 is 11.4 Å². The Morgan fingerprint density at radius 3 is 1.75 bits per heavy atom. The summed E-state index contributed by atoms with van der Waals surface area (Å²) in [6.45, 7) is 2.29. The minimum atomic E-state index is 0.132. The fourth-order valence-electron chi connectivity index (χ4n) is 5.68. The topological polar surface area (TPSA) is 15.3 Å². The van der Waals surface area contributed by atoms with Crippen LogP contribution in [0.2, 0.25) is 0 Å². The average molecular weight is 529 g/mol. The normalized spacial score (nSPS) is 14.7. The smallest absolute Gasteiger partial charge is 0.0958 e. The molecule has 0 fully saturated rings. The van der Waals surface area contributed by atoms with Gasteiger partial charge in [0.2, 0.25) is 0 Å². The second kappa shape index (κ2) is 14.6. The van der Waals surface area contributed by atoms with Crippen LogP contribution in [0, 0.1) is 0 Å². The fraction of sp³-hybridized carbons (Fsp3) is 0.316. The lowest BCUT2D eigenvalue weighted by Gasteiger charge is -2.27. The number of hydrogen-bond acceptors (Lipinski definition) is 2. The first-order chi connectivity index (χ1) is 19.8. The number of anilines is 1. The van der Waals surface area contributed by atoms with Gasteiger partial charge in [0.05, 0.1) is 17.4 Å². The highest BCUT2D eigenvalue weighted by molar-refractivity contribution is 5.74. The van der Waals surface area contributed by atoms with Crippen molar-refractivity contribution in [1.29, 1.82) is 0 Å². The maximum absolute atomic E-state index is 3.71. The van der Waals surface area contributed by atoms with Crippen LogP contribution in [-0.4, -0.2) is 0 Å². The molecule has 1 aliphatic rings. The molecule has 0 saturated carbocycles. The van der Waals surface area contributed by atoms with Crippen LogP contribution in [0.5, 0.6) is 0 Å². The highest BCUT2D eigenvalue weighted by Crippen LogP contribution is 2.35. The van der Waals surface area contributed by atoms with E-state index in [1.807, 2.05) is 0 Å².